The van der Waals surface area contributed by atoms with E-state index in [1.165, 1.54) is 13.8 Å². The number of amides is 4. The van der Waals surface area contributed by atoms with Crippen LogP contribution in [0.4, 0.5) is 0 Å². The molecule has 18 heteroatoms. The number of rotatable bonds is 22. The van der Waals surface area contributed by atoms with E-state index in [2.05, 4.69) is 27.8 Å². The van der Waals surface area contributed by atoms with E-state index in [1.807, 2.05) is 0 Å². The van der Waals surface area contributed by atoms with Gasteiger partial charge in [-0.15, -0.1) is 0 Å². The van der Waals surface area contributed by atoms with E-state index in [4.69, 9.17) is 14.2 Å². The van der Waals surface area contributed by atoms with Gasteiger partial charge in [-0.3, -0.25) is 28.8 Å². The Balaban J connectivity index is 4.59. The van der Waals surface area contributed by atoms with Crippen LogP contribution in [0, 0.1) is 0 Å². The van der Waals surface area contributed by atoms with Gasteiger partial charge in [0.25, 0.3) is 0 Å². The molecule has 2 atom stereocenters. The molecular weight excluding hydrogens is 604 g/mol. The van der Waals surface area contributed by atoms with Gasteiger partial charge in [0.2, 0.25) is 23.6 Å². The third-order valence-corrected chi connectivity index (χ3v) is 5.43. The van der Waals surface area contributed by atoms with Gasteiger partial charge in [-0.25, -0.2) is 9.59 Å². The molecule has 4 amide bonds. The summed E-state index contributed by atoms with van der Waals surface area (Å²) in [5.74, 6) is -7.98. The number of carbonyl (C=O) groups is 8. The second-order valence-corrected chi connectivity index (χ2v) is 9.17. The standard InChI is InChI=1S/C27H40N4O14/c1-4-18(32)28-9-11-30-20(34)14-26(41,24(38)39)16-23(37)45-13-7-8-19(33)29-10-12-31-21(35)15-27(42,25(40)44-6-3)17-22(36)43-5-2/h4,7-8,41-42H,1,5-6,9-17H2,2-3H3,(H,28,32)(H,29,33)(H,30,34)(H,31,35)(H,38,39)/b8-7+. The summed E-state index contributed by atoms with van der Waals surface area (Å²) in [6.07, 6.45) is -0.577. The molecule has 0 aliphatic heterocycles. The van der Waals surface area contributed by atoms with E-state index in [-0.39, 0.29) is 39.4 Å². The van der Waals surface area contributed by atoms with E-state index >= 15 is 0 Å². The van der Waals surface area contributed by atoms with Gasteiger partial charge < -0.3 is 50.8 Å². The molecule has 252 valence electrons. The number of carboxylic acid groups (broad SMARTS) is 1. The highest BCUT2D eigenvalue weighted by Crippen LogP contribution is 2.19. The van der Waals surface area contributed by atoms with E-state index in [0.29, 0.717) is 0 Å². The Hall–Kier alpha value is -4.84. The fourth-order valence-corrected chi connectivity index (χ4v) is 3.29. The Morgan fingerprint density at radius 1 is 0.667 bits per heavy atom. The zero-order valence-corrected chi connectivity index (χ0v) is 25.0. The summed E-state index contributed by atoms with van der Waals surface area (Å²) in [7, 11) is 0. The number of nitrogens with one attached hydrogen (secondary N) is 4. The molecule has 0 rings (SSSR count). The van der Waals surface area contributed by atoms with Crippen molar-refractivity contribution in [3.05, 3.63) is 24.8 Å². The number of esters is 3. The summed E-state index contributed by atoms with van der Waals surface area (Å²) in [4.78, 5) is 94.5. The molecule has 0 spiro atoms. The van der Waals surface area contributed by atoms with Gasteiger partial charge in [0.05, 0.1) is 38.9 Å². The minimum absolute atomic E-state index is 0.00338. The van der Waals surface area contributed by atoms with Crippen LogP contribution >= 0.6 is 0 Å². The Labute approximate surface area is 258 Å². The molecule has 0 heterocycles. The van der Waals surface area contributed by atoms with E-state index in [1.54, 1.807) is 0 Å². The maximum Gasteiger partial charge on any atom is 0.339 e. The normalized spacial score (nSPS) is 13.2. The Kier molecular flexibility index (Phi) is 18.7. The maximum atomic E-state index is 12.2. The number of carboxylic acids is 1. The van der Waals surface area contributed by atoms with Crippen LogP contribution in [0.15, 0.2) is 24.8 Å². The van der Waals surface area contributed by atoms with Crippen molar-refractivity contribution in [3.63, 3.8) is 0 Å². The SMILES string of the molecule is C=CC(=O)NCCNC(=O)CC(O)(CC(=O)OC/C=C/C(=O)NCCNC(=O)CC(O)(CC(=O)OCC)C(=O)OCC)C(=O)O. The number of hydrogen-bond donors (Lipinski definition) is 7. The lowest BCUT2D eigenvalue weighted by Crippen LogP contribution is -2.47. The summed E-state index contributed by atoms with van der Waals surface area (Å²) in [5, 5.41) is 39.5. The molecule has 0 bridgehead atoms. The lowest BCUT2D eigenvalue weighted by atomic mass is 9.95. The smallest absolute Gasteiger partial charge is 0.339 e. The predicted molar refractivity (Wildman–Crippen MR) is 152 cm³/mol. The third-order valence-electron chi connectivity index (χ3n) is 5.43. The first kappa shape index (κ1) is 40.2. The van der Waals surface area contributed by atoms with Gasteiger partial charge >= 0.3 is 23.9 Å². The molecule has 0 aliphatic carbocycles. The van der Waals surface area contributed by atoms with Crippen LogP contribution in [0.2, 0.25) is 0 Å². The lowest BCUT2D eigenvalue weighted by molar-refractivity contribution is -0.174. The molecule has 45 heavy (non-hydrogen) atoms. The van der Waals surface area contributed by atoms with Crippen LogP contribution in [0.25, 0.3) is 0 Å². The summed E-state index contributed by atoms with van der Waals surface area (Å²) < 4.78 is 14.2. The van der Waals surface area contributed by atoms with Gasteiger partial charge in [-0.05, 0) is 26.0 Å². The highest BCUT2D eigenvalue weighted by Gasteiger charge is 2.43. The van der Waals surface area contributed by atoms with Crippen molar-refractivity contribution in [3.8, 4) is 0 Å². The van der Waals surface area contributed by atoms with Crippen molar-refractivity contribution in [2.45, 2.75) is 50.7 Å². The van der Waals surface area contributed by atoms with Crippen molar-refractivity contribution < 1.29 is 67.9 Å². The number of aliphatic carboxylic acids is 1. The number of ether oxygens (including phenoxy) is 3. The van der Waals surface area contributed by atoms with Crippen molar-refractivity contribution in [2.24, 2.45) is 0 Å². The minimum atomic E-state index is -2.78. The van der Waals surface area contributed by atoms with Crippen LogP contribution < -0.4 is 21.3 Å². The van der Waals surface area contributed by atoms with E-state index < -0.39 is 91.0 Å². The van der Waals surface area contributed by atoms with Gasteiger partial charge in [0.1, 0.15) is 6.61 Å². The van der Waals surface area contributed by atoms with E-state index in [0.717, 1.165) is 18.2 Å². The summed E-state index contributed by atoms with van der Waals surface area (Å²) in [5.41, 5.74) is -5.23. The molecule has 0 saturated heterocycles. The minimum Gasteiger partial charge on any atom is -0.479 e. The van der Waals surface area contributed by atoms with Crippen LogP contribution in [0.1, 0.15) is 39.5 Å². The molecule has 2 unspecified atom stereocenters. The van der Waals surface area contributed by atoms with Crippen LogP contribution in [0.3, 0.4) is 0 Å². The first-order valence-electron chi connectivity index (χ1n) is 13.7. The zero-order chi connectivity index (χ0) is 34.5. The average molecular weight is 645 g/mol. The topological polar surface area (TPSA) is 273 Å². The number of carbonyl (C=O) groups excluding carboxylic acids is 7. The molecule has 0 aromatic rings. The fraction of sp³-hybridized carbons (Fsp3) is 0.556. The largest absolute Gasteiger partial charge is 0.479 e. The second kappa shape index (κ2) is 21.0. The van der Waals surface area contributed by atoms with Gasteiger partial charge in [-0.1, -0.05) is 6.58 Å². The Morgan fingerprint density at radius 3 is 1.64 bits per heavy atom. The number of hydrogen-bond acceptors (Lipinski definition) is 13. The van der Waals surface area contributed by atoms with Crippen molar-refractivity contribution in [1.29, 1.82) is 0 Å². The highest BCUT2D eigenvalue weighted by molar-refractivity contribution is 5.92. The quantitative estimate of drug-likeness (QED) is 0.0267. The van der Waals surface area contributed by atoms with Crippen molar-refractivity contribution in [1.82, 2.24) is 21.3 Å². The summed E-state index contributed by atoms with van der Waals surface area (Å²) >= 11 is 0. The second-order valence-electron chi connectivity index (χ2n) is 9.17. The van der Waals surface area contributed by atoms with Gasteiger partial charge in [0, 0.05) is 32.3 Å². The van der Waals surface area contributed by atoms with Gasteiger partial charge in [0.15, 0.2) is 11.2 Å². The monoisotopic (exact) mass is 644 g/mol. The Morgan fingerprint density at radius 2 is 1.13 bits per heavy atom. The summed E-state index contributed by atoms with van der Waals surface area (Å²) in [6.45, 7) is 5.37. The van der Waals surface area contributed by atoms with E-state index in [9.17, 15) is 53.7 Å². The molecule has 18 nitrogen and oxygen atoms in total. The van der Waals surface area contributed by atoms with Crippen molar-refractivity contribution in [2.75, 3.05) is 46.0 Å². The van der Waals surface area contributed by atoms with Crippen LogP contribution in [-0.2, 0) is 52.6 Å². The van der Waals surface area contributed by atoms with Gasteiger partial charge in [-0.2, -0.15) is 0 Å². The van der Waals surface area contributed by atoms with Crippen LogP contribution in [0.5, 0.6) is 0 Å². The molecule has 0 aromatic heterocycles. The average Bonchev–Trinajstić information content (AvgIpc) is 2.95. The lowest BCUT2D eigenvalue weighted by Gasteiger charge is -2.24. The number of aliphatic hydroxyl groups is 2. The molecular formula is C27H40N4O14. The van der Waals surface area contributed by atoms with Crippen molar-refractivity contribution >= 4 is 47.5 Å². The highest BCUT2D eigenvalue weighted by atomic mass is 16.6. The molecule has 0 saturated carbocycles. The fourth-order valence-electron chi connectivity index (χ4n) is 3.29. The molecule has 0 aliphatic rings. The molecule has 7 N–H and O–H groups in total. The maximum absolute atomic E-state index is 12.2. The summed E-state index contributed by atoms with van der Waals surface area (Å²) in [6, 6.07) is 0. The third kappa shape index (κ3) is 17.1. The van der Waals surface area contributed by atoms with Crippen LogP contribution in [-0.4, -0.2) is 120 Å². The molecule has 0 fully saturated rings. The molecule has 0 radical (unpaired) electrons. The predicted octanol–water partition coefficient (Wildman–Crippen LogP) is -3.03. The molecule has 0 aromatic carbocycles. The first-order valence-corrected chi connectivity index (χ1v) is 13.7. The zero-order valence-electron chi connectivity index (χ0n) is 25.0. The first-order chi connectivity index (χ1) is 21.1. The Bertz CT molecular complexity index is 1120.